The zero-order chi connectivity index (χ0) is 30.0. The molecule has 8 rings (SSSR count). The highest BCUT2D eigenvalue weighted by Gasteiger charge is 2.18. The van der Waals surface area contributed by atoms with Crippen LogP contribution in [0.15, 0.2) is 146 Å². The van der Waals surface area contributed by atoms with Crippen molar-refractivity contribution < 1.29 is 9.47 Å². The van der Waals surface area contributed by atoms with E-state index in [0.717, 1.165) is 66.5 Å². The minimum atomic E-state index is -1.10. The van der Waals surface area contributed by atoms with Gasteiger partial charge in [-0.15, -0.1) is 5.10 Å². The fraction of sp³-hybridized carbons (Fsp3) is 0. The lowest BCUT2D eigenvalue weighted by atomic mass is 10.1. The summed E-state index contributed by atoms with van der Waals surface area (Å²) in [6.07, 6.45) is 6.87. The average molecular weight is 602 g/mol. The van der Waals surface area contributed by atoms with Crippen LogP contribution in [0.3, 0.4) is 0 Å². The summed E-state index contributed by atoms with van der Waals surface area (Å²) in [5.74, 6) is 2.94. The van der Waals surface area contributed by atoms with Crippen LogP contribution in [-0.2, 0) is 0 Å². The summed E-state index contributed by atoms with van der Waals surface area (Å²) < 4.78 is 12.8. The number of pyridine rings is 2. The third-order valence-corrected chi connectivity index (χ3v) is 9.75. The van der Waals surface area contributed by atoms with Crippen molar-refractivity contribution in [2.45, 2.75) is 0 Å². The smallest absolute Gasteiger partial charge is 0.197 e. The van der Waals surface area contributed by atoms with E-state index in [-0.39, 0.29) is 0 Å². The van der Waals surface area contributed by atoms with Crippen LogP contribution < -0.4 is 9.47 Å². The van der Waals surface area contributed by atoms with E-state index < -0.39 is 7.53 Å². The molecule has 7 nitrogen and oxygen atoms in total. The molecule has 8 aromatic rings. The van der Waals surface area contributed by atoms with E-state index in [1.165, 1.54) is 0 Å². The number of aromatic nitrogens is 5. The molecule has 214 valence electrons. The van der Waals surface area contributed by atoms with E-state index in [2.05, 4.69) is 49.4 Å². The third kappa shape index (κ3) is 5.37. The summed E-state index contributed by atoms with van der Waals surface area (Å²) >= 11 is 0. The molecule has 0 saturated heterocycles. The van der Waals surface area contributed by atoms with Crippen molar-refractivity contribution in [2.75, 3.05) is 0 Å². The number of ether oxygens (including phenoxy) is 2. The van der Waals surface area contributed by atoms with Crippen LogP contribution in [0, 0.1) is 0 Å². The molecule has 0 fully saturated rings. The molecule has 4 heterocycles. The lowest BCUT2D eigenvalue weighted by molar-refractivity contribution is 0.483. The number of rotatable bonds is 7. The predicted octanol–water partition coefficient (Wildman–Crippen LogP) is 9.86. The monoisotopic (exact) mass is 601 g/mol. The summed E-state index contributed by atoms with van der Waals surface area (Å²) in [5.41, 5.74) is 4.45. The van der Waals surface area contributed by atoms with Crippen molar-refractivity contribution in [3.63, 3.8) is 0 Å². The maximum Gasteiger partial charge on any atom is 0.197 e. The molecule has 0 amide bonds. The Morgan fingerprint density at radius 2 is 1.00 bits per heavy atom. The second kappa shape index (κ2) is 11.6. The van der Waals surface area contributed by atoms with Crippen LogP contribution in [0.25, 0.3) is 49.1 Å². The fourth-order valence-corrected chi connectivity index (χ4v) is 7.84. The van der Waals surface area contributed by atoms with Gasteiger partial charge in [0.1, 0.15) is 23.0 Å². The second-order valence-corrected chi connectivity index (χ2v) is 12.4. The summed E-state index contributed by atoms with van der Waals surface area (Å²) in [5, 5.41) is 13.1. The lowest BCUT2D eigenvalue weighted by Gasteiger charge is -2.09. The van der Waals surface area contributed by atoms with E-state index in [1.807, 2.05) is 97.1 Å². The first kappa shape index (κ1) is 26.7. The van der Waals surface area contributed by atoms with Gasteiger partial charge in [-0.1, -0.05) is 36.4 Å². The van der Waals surface area contributed by atoms with Gasteiger partial charge in [-0.25, -0.2) is 4.98 Å². The zero-order valence-corrected chi connectivity index (χ0v) is 24.8. The molecule has 4 aromatic heterocycles. The first-order chi connectivity index (χ1) is 22.3. The van der Waals surface area contributed by atoms with Crippen molar-refractivity contribution in [2.24, 2.45) is 0 Å². The Labute approximate surface area is 259 Å². The summed E-state index contributed by atoms with van der Waals surface area (Å²) in [6, 6.07) is 40.1. The third-order valence-electron chi connectivity index (χ3n) is 7.44. The molecule has 4 aromatic carbocycles. The number of fused-ring (bicyclic) bond motifs is 3. The van der Waals surface area contributed by atoms with Crippen molar-refractivity contribution in [3.05, 3.63) is 146 Å². The van der Waals surface area contributed by atoms with Gasteiger partial charge in [0.15, 0.2) is 5.57 Å². The van der Waals surface area contributed by atoms with Crippen LogP contribution in [-0.4, -0.2) is 25.1 Å². The average Bonchev–Trinajstić information content (AvgIpc) is 3.42. The summed E-state index contributed by atoms with van der Waals surface area (Å²) in [6.45, 7) is 0. The predicted molar refractivity (Wildman–Crippen MR) is 178 cm³/mol. The fourth-order valence-electron chi connectivity index (χ4n) is 5.44. The Kier molecular flexibility index (Phi) is 6.91. The minimum Gasteiger partial charge on any atom is -0.457 e. The quantitative estimate of drug-likeness (QED) is 0.180. The molecule has 0 bridgehead atoms. The standard InChI is InChI=1S/C37H24N5O2P/c1-3-17-38-33(11-1)25-7-5-9-27(21-25)43-29-13-15-31-32-16-14-30(24-36(32)45(35(31)23-29)37-40-19-20-41-42-37)44-28-10-6-8-26(22-28)34-12-2-4-18-39-34/h1-24H. The van der Waals surface area contributed by atoms with E-state index in [0.29, 0.717) is 5.57 Å². The first-order valence-electron chi connectivity index (χ1n) is 14.4. The molecule has 0 spiro atoms. The Morgan fingerprint density at radius 3 is 1.49 bits per heavy atom. The van der Waals surface area contributed by atoms with E-state index in [9.17, 15) is 0 Å². The van der Waals surface area contributed by atoms with E-state index >= 15 is 0 Å². The maximum absolute atomic E-state index is 6.40. The molecular formula is C37H24N5O2P. The van der Waals surface area contributed by atoms with Gasteiger partial charge < -0.3 is 9.47 Å². The Balaban J connectivity index is 1.19. The summed E-state index contributed by atoms with van der Waals surface area (Å²) in [7, 11) is -1.10. The van der Waals surface area contributed by atoms with Crippen LogP contribution >= 0.6 is 7.53 Å². The van der Waals surface area contributed by atoms with Gasteiger partial charge in [-0.2, -0.15) is 5.10 Å². The highest BCUT2D eigenvalue weighted by atomic mass is 31.1. The van der Waals surface area contributed by atoms with Crippen LogP contribution in [0.2, 0.25) is 0 Å². The van der Waals surface area contributed by atoms with E-state index in [1.54, 1.807) is 24.8 Å². The molecule has 45 heavy (non-hydrogen) atoms. The Bertz CT molecular complexity index is 2130. The van der Waals surface area contributed by atoms with Gasteiger partial charge in [0.05, 0.1) is 17.6 Å². The van der Waals surface area contributed by atoms with Gasteiger partial charge in [-0.05, 0) is 103 Å². The van der Waals surface area contributed by atoms with Crippen molar-refractivity contribution >= 4 is 28.5 Å². The van der Waals surface area contributed by atoms with Gasteiger partial charge in [0.2, 0.25) is 0 Å². The van der Waals surface area contributed by atoms with Crippen molar-refractivity contribution in [1.82, 2.24) is 25.1 Å². The lowest BCUT2D eigenvalue weighted by Crippen LogP contribution is -1.87. The molecule has 0 aliphatic heterocycles. The molecule has 8 heteroatoms. The van der Waals surface area contributed by atoms with Gasteiger partial charge in [0.25, 0.3) is 0 Å². The van der Waals surface area contributed by atoms with Crippen LogP contribution in [0.5, 0.6) is 23.0 Å². The highest BCUT2D eigenvalue weighted by molar-refractivity contribution is 7.67. The number of hydrogen-bond acceptors (Lipinski definition) is 7. The first-order valence-corrected chi connectivity index (χ1v) is 15.7. The van der Waals surface area contributed by atoms with Crippen LogP contribution in [0.4, 0.5) is 0 Å². The van der Waals surface area contributed by atoms with E-state index in [4.69, 9.17) is 9.47 Å². The minimum absolute atomic E-state index is 0.677. The van der Waals surface area contributed by atoms with Gasteiger partial charge in [0, 0.05) is 40.0 Å². The van der Waals surface area contributed by atoms with Crippen molar-refractivity contribution in [1.29, 1.82) is 0 Å². The molecule has 0 aliphatic carbocycles. The molecule has 0 radical (unpaired) electrons. The van der Waals surface area contributed by atoms with Crippen LogP contribution in [0.1, 0.15) is 0 Å². The Hall–Kier alpha value is -5.91. The molecule has 0 unspecified atom stereocenters. The number of hydrogen-bond donors (Lipinski definition) is 0. The summed E-state index contributed by atoms with van der Waals surface area (Å²) in [4.78, 5) is 13.6. The molecule has 0 N–H and O–H groups in total. The molecule has 0 saturated carbocycles. The molecule has 0 atom stereocenters. The van der Waals surface area contributed by atoms with Gasteiger partial charge in [-0.3, -0.25) is 9.97 Å². The molecular weight excluding hydrogens is 577 g/mol. The number of nitrogens with zero attached hydrogens (tertiary/aromatic N) is 5. The van der Waals surface area contributed by atoms with Gasteiger partial charge >= 0.3 is 0 Å². The SMILES string of the molecule is c1ccc(-c2cccc(Oc3ccc4c5ccc(Oc6cccc(-c7ccccn7)c6)cc5p(-c5nccnn5)c4c3)c2)nc1. The highest BCUT2D eigenvalue weighted by Crippen LogP contribution is 2.55. The Morgan fingerprint density at radius 1 is 0.444 bits per heavy atom. The van der Waals surface area contributed by atoms with Crippen molar-refractivity contribution in [3.8, 4) is 51.1 Å². The largest absolute Gasteiger partial charge is 0.457 e. The zero-order valence-electron chi connectivity index (χ0n) is 23.9. The normalized spacial score (nSPS) is 11.1. The molecule has 0 aliphatic rings. The topological polar surface area (TPSA) is 82.9 Å². The second-order valence-electron chi connectivity index (χ2n) is 10.3. The maximum atomic E-state index is 6.40. The number of benzene rings is 4.